The first-order chi connectivity index (χ1) is 15.5. The topological polar surface area (TPSA) is 93.8 Å². The van der Waals surface area contributed by atoms with Gasteiger partial charge in [-0.3, -0.25) is 9.59 Å². The van der Waals surface area contributed by atoms with E-state index in [4.69, 9.17) is 0 Å². The molecule has 0 spiro atoms. The molecule has 4 aromatic rings. The Kier molecular flexibility index (Phi) is 6.30. The van der Waals surface area contributed by atoms with Gasteiger partial charge >= 0.3 is 0 Å². The fourth-order valence-corrected chi connectivity index (χ4v) is 3.35. The van der Waals surface area contributed by atoms with Gasteiger partial charge in [-0.05, 0) is 30.7 Å². The number of rotatable bonds is 8. The minimum absolute atomic E-state index is 0.137. The van der Waals surface area contributed by atoms with Crippen LogP contribution in [0, 0.1) is 5.92 Å². The number of amides is 2. The molecule has 164 valence electrons. The normalized spacial score (nSPS) is 11.1. The molecule has 2 aromatic carbocycles. The maximum absolute atomic E-state index is 12.7. The van der Waals surface area contributed by atoms with Crippen LogP contribution in [0.1, 0.15) is 30.8 Å². The van der Waals surface area contributed by atoms with Crippen molar-refractivity contribution in [2.45, 2.75) is 26.8 Å². The SMILES string of the molecule is CC(C)C(=O)Nc1cc(C(=O)NCCCn2cnc3ccccc32)nn1-c1ccccc1. The van der Waals surface area contributed by atoms with Crippen LogP contribution in [0.4, 0.5) is 5.82 Å². The minimum atomic E-state index is -0.282. The van der Waals surface area contributed by atoms with Gasteiger partial charge in [-0.2, -0.15) is 5.10 Å². The average molecular weight is 431 g/mol. The zero-order chi connectivity index (χ0) is 22.5. The summed E-state index contributed by atoms with van der Waals surface area (Å²) >= 11 is 0. The van der Waals surface area contributed by atoms with Crippen LogP contribution >= 0.6 is 0 Å². The molecule has 8 nitrogen and oxygen atoms in total. The molecule has 0 atom stereocenters. The first kappa shape index (κ1) is 21.3. The van der Waals surface area contributed by atoms with Crippen LogP contribution in [0.3, 0.4) is 0 Å². The van der Waals surface area contributed by atoms with Crippen molar-refractivity contribution < 1.29 is 9.59 Å². The van der Waals surface area contributed by atoms with Crippen LogP contribution < -0.4 is 10.6 Å². The Morgan fingerprint density at radius 3 is 2.56 bits per heavy atom. The molecule has 0 saturated carbocycles. The summed E-state index contributed by atoms with van der Waals surface area (Å²) in [4.78, 5) is 29.3. The van der Waals surface area contributed by atoms with Crippen LogP contribution in [-0.2, 0) is 11.3 Å². The highest BCUT2D eigenvalue weighted by atomic mass is 16.2. The van der Waals surface area contributed by atoms with Crippen molar-refractivity contribution in [2.75, 3.05) is 11.9 Å². The Hall–Kier alpha value is -3.94. The summed E-state index contributed by atoms with van der Waals surface area (Å²) in [5.74, 6) is -0.146. The molecular weight excluding hydrogens is 404 g/mol. The minimum Gasteiger partial charge on any atom is -0.351 e. The number of carbonyl (C=O) groups is 2. The van der Waals surface area contributed by atoms with Gasteiger partial charge < -0.3 is 15.2 Å². The fraction of sp³-hybridized carbons (Fsp3) is 0.250. The number of para-hydroxylation sites is 3. The Balaban J connectivity index is 1.42. The third-order valence-electron chi connectivity index (χ3n) is 5.11. The van der Waals surface area contributed by atoms with E-state index in [1.807, 2.05) is 74.8 Å². The number of anilines is 1. The smallest absolute Gasteiger partial charge is 0.271 e. The van der Waals surface area contributed by atoms with Crippen molar-refractivity contribution in [3.63, 3.8) is 0 Å². The highest BCUT2D eigenvalue weighted by Gasteiger charge is 2.18. The first-order valence-corrected chi connectivity index (χ1v) is 10.7. The van der Waals surface area contributed by atoms with Crippen LogP contribution in [-0.4, -0.2) is 37.7 Å². The zero-order valence-electron chi connectivity index (χ0n) is 18.2. The average Bonchev–Trinajstić information content (AvgIpc) is 3.41. The van der Waals surface area contributed by atoms with Gasteiger partial charge in [0.2, 0.25) is 5.91 Å². The fourth-order valence-electron chi connectivity index (χ4n) is 3.35. The van der Waals surface area contributed by atoms with Crippen molar-refractivity contribution >= 4 is 28.7 Å². The molecule has 8 heteroatoms. The number of carbonyl (C=O) groups excluding carboxylic acids is 2. The third-order valence-corrected chi connectivity index (χ3v) is 5.11. The number of aryl methyl sites for hydroxylation is 1. The van der Waals surface area contributed by atoms with Crippen LogP contribution in [0.15, 0.2) is 67.0 Å². The summed E-state index contributed by atoms with van der Waals surface area (Å²) < 4.78 is 3.65. The number of imidazole rings is 1. The first-order valence-electron chi connectivity index (χ1n) is 10.7. The van der Waals surface area contributed by atoms with Crippen molar-refractivity contribution in [1.82, 2.24) is 24.6 Å². The number of hydrogen-bond donors (Lipinski definition) is 2. The van der Waals surface area contributed by atoms with Crippen LogP contribution in [0.25, 0.3) is 16.7 Å². The molecule has 0 unspecified atom stereocenters. The van der Waals surface area contributed by atoms with E-state index in [1.165, 1.54) is 0 Å². The van der Waals surface area contributed by atoms with Gasteiger partial charge in [0.1, 0.15) is 5.82 Å². The lowest BCUT2D eigenvalue weighted by Crippen LogP contribution is -2.25. The van der Waals surface area contributed by atoms with Gasteiger partial charge in [0.05, 0.1) is 23.0 Å². The monoisotopic (exact) mass is 430 g/mol. The Morgan fingerprint density at radius 2 is 1.78 bits per heavy atom. The lowest BCUT2D eigenvalue weighted by molar-refractivity contribution is -0.118. The zero-order valence-corrected chi connectivity index (χ0v) is 18.2. The van der Waals surface area contributed by atoms with E-state index in [0.29, 0.717) is 12.4 Å². The molecule has 2 N–H and O–H groups in total. The molecule has 0 fully saturated rings. The van der Waals surface area contributed by atoms with E-state index >= 15 is 0 Å². The second-order valence-corrected chi connectivity index (χ2v) is 7.84. The highest BCUT2D eigenvalue weighted by Crippen LogP contribution is 2.18. The second-order valence-electron chi connectivity index (χ2n) is 7.84. The van der Waals surface area contributed by atoms with Gasteiger partial charge in [0, 0.05) is 25.1 Å². The molecule has 0 saturated heterocycles. The number of benzene rings is 2. The lowest BCUT2D eigenvalue weighted by atomic mass is 10.2. The summed E-state index contributed by atoms with van der Waals surface area (Å²) in [7, 11) is 0. The molecule has 2 aromatic heterocycles. The second kappa shape index (κ2) is 9.47. The molecule has 4 rings (SSSR count). The number of nitrogens with one attached hydrogen (secondary N) is 2. The predicted octanol–water partition coefficient (Wildman–Crippen LogP) is 3.64. The molecule has 0 bridgehead atoms. The van der Waals surface area contributed by atoms with Gasteiger partial charge in [-0.15, -0.1) is 0 Å². The summed E-state index contributed by atoms with van der Waals surface area (Å²) in [5.41, 5.74) is 3.04. The summed E-state index contributed by atoms with van der Waals surface area (Å²) in [6.45, 7) is 4.87. The third kappa shape index (κ3) is 4.69. The number of aromatic nitrogens is 4. The van der Waals surface area contributed by atoms with E-state index < -0.39 is 0 Å². The van der Waals surface area contributed by atoms with Gasteiger partial charge in [0.15, 0.2) is 5.69 Å². The van der Waals surface area contributed by atoms with Crippen molar-refractivity contribution in [3.8, 4) is 5.69 Å². The van der Waals surface area contributed by atoms with E-state index in [1.54, 1.807) is 10.7 Å². The Morgan fingerprint density at radius 1 is 1.03 bits per heavy atom. The van der Waals surface area contributed by atoms with Crippen molar-refractivity contribution in [2.24, 2.45) is 5.92 Å². The van der Waals surface area contributed by atoms with E-state index in [2.05, 4.69) is 25.3 Å². The van der Waals surface area contributed by atoms with E-state index in [0.717, 1.165) is 29.7 Å². The van der Waals surface area contributed by atoms with Gasteiger partial charge in [-0.25, -0.2) is 9.67 Å². The number of fused-ring (bicyclic) bond motifs is 1. The molecule has 2 heterocycles. The number of hydrogen-bond acceptors (Lipinski definition) is 4. The van der Waals surface area contributed by atoms with E-state index in [-0.39, 0.29) is 23.4 Å². The van der Waals surface area contributed by atoms with Crippen molar-refractivity contribution in [1.29, 1.82) is 0 Å². The maximum Gasteiger partial charge on any atom is 0.271 e. The Labute approximate surface area is 186 Å². The maximum atomic E-state index is 12.7. The van der Waals surface area contributed by atoms with Gasteiger partial charge in [0.25, 0.3) is 5.91 Å². The van der Waals surface area contributed by atoms with Crippen LogP contribution in [0.5, 0.6) is 0 Å². The molecule has 0 aliphatic carbocycles. The molecule has 0 aliphatic rings. The lowest BCUT2D eigenvalue weighted by Gasteiger charge is -2.10. The van der Waals surface area contributed by atoms with E-state index in [9.17, 15) is 9.59 Å². The largest absolute Gasteiger partial charge is 0.351 e. The Bertz CT molecular complexity index is 1230. The standard InChI is InChI=1S/C24H26N6O2/c1-17(2)23(31)27-22-15-20(28-30(22)18-9-4-3-5-10-18)24(32)25-13-8-14-29-16-26-19-11-6-7-12-21(19)29/h3-7,9-12,15-17H,8,13-14H2,1-2H3,(H,25,32)(H,27,31). The highest BCUT2D eigenvalue weighted by molar-refractivity contribution is 5.96. The summed E-state index contributed by atoms with van der Waals surface area (Å²) in [6, 6.07) is 19.0. The molecule has 32 heavy (non-hydrogen) atoms. The molecule has 2 amide bonds. The molecule has 0 aliphatic heterocycles. The summed E-state index contributed by atoms with van der Waals surface area (Å²) in [5, 5.41) is 10.2. The van der Waals surface area contributed by atoms with Crippen molar-refractivity contribution in [3.05, 3.63) is 72.7 Å². The van der Waals surface area contributed by atoms with Gasteiger partial charge in [-0.1, -0.05) is 44.2 Å². The number of nitrogens with zero attached hydrogens (tertiary/aromatic N) is 4. The quantitative estimate of drug-likeness (QED) is 0.417. The predicted molar refractivity (Wildman–Crippen MR) is 124 cm³/mol. The van der Waals surface area contributed by atoms with Crippen LogP contribution in [0.2, 0.25) is 0 Å². The molecular formula is C24H26N6O2. The summed E-state index contributed by atoms with van der Waals surface area (Å²) in [6.07, 6.45) is 2.57. The molecule has 0 radical (unpaired) electrons.